The standard InChI is InChI=1S/C18H25N5O/c1-14-12-20-18(21-17(14)22(2)3)23-10-7-16(8-11-23)24-13-15-6-4-5-9-19-15/h4-6,9,12,16H,7-8,10-11,13H2,1-3H3. The van der Waals surface area contributed by atoms with E-state index in [1.807, 2.05) is 50.3 Å². The number of aryl methyl sites for hydroxylation is 1. The third-order valence-corrected chi connectivity index (χ3v) is 4.27. The fourth-order valence-corrected chi connectivity index (χ4v) is 2.94. The van der Waals surface area contributed by atoms with E-state index in [2.05, 4.69) is 14.9 Å². The summed E-state index contributed by atoms with van der Waals surface area (Å²) in [6.07, 6.45) is 5.96. The molecule has 6 heteroatoms. The number of aromatic nitrogens is 3. The van der Waals surface area contributed by atoms with Crippen molar-refractivity contribution in [3.8, 4) is 0 Å². The second-order valence-electron chi connectivity index (χ2n) is 6.39. The van der Waals surface area contributed by atoms with Crippen LogP contribution in [0.3, 0.4) is 0 Å². The van der Waals surface area contributed by atoms with Gasteiger partial charge in [-0.15, -0.1) is 0 Å². The van der Waals surface area contributed by atoms with E-state index in [4.69, 9.17) is 9.72 Å². The molecular formula is C18H25N5O. The summed E-state index contributed by atoms with van der Waals surface area (Å²) in [6, 6.07) is 5.91. The largest absolute Gasteiger partial charge is 0.372 e. The van der Waals surface area contributed by atoms with Crippen molar-refractivity contribution in [1.29, 1.82) is 0 Å². The summed E-state index contributed by atoms with van der Waals surface area (Å²) in [5.41, 5.74) is 2.08. The van der Waals surface area contributed by atoms with Crippen molar-refractivity contribution in [2.75, 3.05) is 37.0 Å². The predicted molar refractivity (Wildman–Crippen MR) is 95.4 cm³/mol. The number of anilines is 2. The lowest BCUT2D eigenvalue weighted by atomic mass is 10.1. The molecular weight excluding hydrogens is 302 g/mol. The zero-order valence-corrected chi connectivity index (χ0v) is 14.6. The summed E-state index contributed by atoms with van der Waals surface area (Å²) in [5, 5.41) is 0. The van der Waals surface area contributed by atoms with Crippen molar-refractivity contribution in [1.82, 2.24) is 15.0 Å². The molecule has 24 heavy (non-hydrogen) atoms. The molecule has 2 aromatic rings. The lowest BCUT2D eigenvalue weighted by molar-refractivity contribution is 0.0233. The van der Waals surface area contributed by atoms with Crippen molar-refractivity contribution in [2.24, 2.45) is 0 Å². The molecule has 0 bridgehead atoms. The van der Waals surface area contributed by atoms with Gasteiger partial charge in [0.05, 0.1) is 18.4 Å². The van der Waals surface area contributed by atoms with E-state index < -0.39 is 0 Å². The molecule has 0 atom stereocenters. The first-order valence-electron chi connectivity index (χ1n) is 8.41. The Morgan fingerprint density at radius 1 is 1.21 bits per heavy atom. The zero-order chi connectivity index (χ0) is 16.9. The Balaban J connectivity index is 1.54. The molecule has 1 aliphatic rings. The summed E-state index contributed by atoms with van der Waals surface area (Å²) in [6.45, 7) is 4.46. The molecule has 0 aromatic carbocycles. The lowest BCUT2D eigenvalue weighted by Crippen LogP contribution is -2.38. The van der Waals surface area contributed by atoms with Gasteiger partial charge < -0.3 is 14.5 Å². The number of pyridine rings is 1. The van der Waals surface area contributed by atoms with Crippen LogP contribution in [-0.4, -0.2) is 48.2 Å². The number of ether oxygens (including phenoxy) is 1. The Bertz CT molecular complexity index is 654. The van der Waals surface area contributed by atoms with Gasteiger partial charge in [0.2, 0.25) is 5.95 Å². The van der Waals surface area contributed by atoms with Gasteiger partial charge >= 0.3 is 0 Å². The number of hydrogen-bond donors (Lipinski definition) is 0. The molecule has 1 saturated heterocycles. The van der Waals surface area contributed by atoms with Gasteiger partial charge in [-0.2, -0.15) is 4.98 Å². The first kappa shape index (κ1) is 16.6. The quantitative estimate of drug-likeness (QED) is 0.841. The molecule has 3 rings (SSSR count). The highest BCUT2D eigenvalue weighted by Gasteiger charge is 2.22. The van der Waals surface area contributed by atoms with E-state index in [9.17, 15) is 0 Å². The van der Waals surface area contributed by atoms with Crippen LogP contribution < -0.4 is 9.80 Å². The lowest BCUT2D eigenvalue weighted by Gasteiger charge is -2.32. The molecule has 0 saturated carbocycles. The molecule has 0 amide bonds. The maximum atomic E-state index is 6.00. The summed E-state index contributed by atoms with van der Waals surface area (Å²) in [7, 11) is 4.02. The maximum Gasteiger partial charge on any atom is 0.227 e. The molecule has 0 N–H and O–H groups in total. The molecule has 0 radical (unpaired) electrons. The van der Waals surface area contributed by atoms with E-state index in [0.29, 0.717) is 6.61 Å². The Labute approximate surface area is 143 Å². The van der Waals surface area contributed by atoms with Crippen molar-refractivity contribution < 1.29 is 4.74 Å². The van der Waals surface area contributed by atoms with Crippen LogP contribution in [-0.2, 0) is 11.3 Å². The smallest absolute Gasteiger partial charge is 0.227 e. The topological polar surface area (TPSA) is 54.4 Å². The van der Waals surface area contributed by atoms with Crippen molar-refractivity contribution in [3.05, 3.63) is 41.9 Å². The minimum Gasteiger partial charge on any atom is -0.372 e. The van der Waals surface area contributed by atoms with Crippen LogP contribution in [0.1, 0.15) is 24.1 Å². The first-order chi connectivity index (χ1) is 11.6. The molecule has 1 aliphatic heterocycles. The number of hydrogen-bond acceptors (Lipinski definition) is 6. The molecule has 128 valence electrons. The molecule has 2 aromatic heterocycles. The van der Waals surface area contributed by atoms with Crippen LogP contribution in [0.5, 0.6) is 0 Å². The van der Waals surface area contributed by atoms with Crippen molar-refractivity contribution in [2.45, 2.75) is 32.5 Å². The maximum absolute atomic E-state index is 6.00. The van der Waals surface area contributed by atoms with Gasteiger partial charge in [0.15, 0.2) is 0 Å². The molecule has 6 nitrogen and oxygen atoms in total. The van der Waals surface area contributed by atoms with E-state index in [0.717, 1.165) is 49.0 Å². The fraction of sp³-hybridized carbons (Fsp3) is 0.500. The third-order valence-electron chi connectivity index (χ3n) is 4.27. The van der Waals surface area contributed by atoms with E-state index in [1.165, 1.54) is 0 Å². The molecule has 0 aliphatic carbocycles. The minimum atomic E-state index is 0.280. The average molecular weight is 327 g/mol. The highest BCUT2D eigenvalue weighted by atomic mass is 16.5. The SMILES string of the molecule is Cc1cnc(N2CCC(OCc3ccccn3)CC2)nc1N(C)C. The first-order valence-corrected chi connectivity index (χ1v) is 8.41. The Morgan fingerprint density at radius 3 is 2.67 bits per heavy atom. The van der Waals surface area contributed by atoms with E-state index in [1.54, 1.807) is 6.20 Å². The van der Waals surface area contributed by atoms with Crippen LogP contribution in [0.15, 0.2) is 30.6 Å². The van der Waals surface area contributed by atoms with E-state index >= 15 is 0 Å². The van der Waals surface area contributed by atoms with Crippen molar-refractivity contribution in [3.63, 3.8) is 0 Å². The predicted octanol–water partition coefficient (Wildman–Crippen LogP) is 2.43. The van der Waals surface area contributed by atoms with Gasteiger partial charge in [0.25, 0.3) is 0 Å². The van der Waals surface area contributed by atoms with Crippen LogP contribution in [0.4, 0.5) is 11.8 Å². The van der Waals surface area contributed by atoms with Gasteiger partial charge in [0.1, 0.15) is 5.82 Å². The van der Waals surface area contributed by atoms with Crippen LogP contribution >= 0.6 is 0 Å². The summed E-state index contributed by atoms with van der Waals surface area (Å²) in [4.78, 5) is 17.8. The minimum absolute atomic E-state index is 0.280. The van der Waals surface area contributed by atoms with Crippen LogP contribution in [0, 0.1) is 6.92 Å². The van der Waals surface area contributed by atoms with Crippen LogP contribution in [0.2, 0.25) is 0 Å². The average Bonchev–Trinajstić information content (AvgIpc) is 2.61. The summed E-state index contributed by atoms with van der Waals surface area (Å²) >= 11 is 0. The second kappa shape index (κ2) is 7.57. The van der Waals surface area contributed by atoms with Gasteiger partial charge in [0, 0.05) is 45.1 Å². The molecule has 3 heterocycles. The van der Waals surface area contributed by atoms with Gasteiger partial charge in [-0.3, -0.25) is 4.98 Å². The summed E-state index contributed by atoms with van der Waals surface area (Å²) in [5.74, 6) is 1.79. The second-order valence-corrected chi connectivity index (χ2v) is 6.39. The normalized spacial score (nSPS) is 15.5. The Hall–Kier alpha value is -2.21. The molecule has 1 fully saturated rings. The van der Waals surface area contributed by atoms with Gasteiger partial charge in [-0.05, 0) is 31.9 Å². The number of piperidine rings is 1. The zero-order valence-electron chi connectivity index (χ0n) is 14.6. The Kier molecular flexibility index (Phi) is 5.25. The number of rotatable bonds is 5. The fourth-order valence-electron chi connectivity index (χ4n) is 2.94. The highest BCUT2D eigenvalue weighted by molar-refractivity contribution is 5.48. The third kappa shape index (κ3) is 4.00. The monoisotopic (exact) mass is 327 g/mol. The van der Waals surface area contributed by atoms with Crippen LogP contribution in [0.25, 0.3) is 0 Å². The number of nitrogens with zero attached hydrogens (tertiary/aromatic N) is 5. The van der Waals surface area contributed by atoms with Crippen molar-refractivity contribution >= 4 is 11.8 Å². The molecule has 0 spiro atoms. The van der Waals surface area contributed by atoms with Gasteiger partial charge in [-0.25, -0.2) is 4.98 Å². The Morgan fingerprint density at radius 2 is 2.00 bits per heavy atom. The summed E-state index contributed by atoms with van der Waals surface area (Å²) < 4.78 is 6.00. The van der Waals surface area contributed by atoms with E-state index in [-0.39, 0.29) is 6.10 Å². The van der Waals surface area contributed by atoms with Gasteiger partial charge in [-0.1, -0.05) is 6.07 Å². The molecule has 0 unspecified atom stereocenters. The highest BCUT2D eigenvalue weighted by Crippen LogP contribution is 2.22.